The van der Waals surface area contributed by atoms with Gasteiger partial charge in [0.25, 0.3) is 0 Å². The van der Waals surface area contributed by atoms with Crippen LogP contribution in [0.3, 0.4) is 0 Å². The Hall–Kier alpha value is -4.21. The molecule has 0 spiro atoms. The van der Waals surface area contributed by atoms with Crippen molar-refractivity contribution in [2.75, 3.05) is 32.2 Å². The van der Waals surface area contributed by atoms with E-state index in [4.69, 9.17) is 19.6 Å². The van der Waals surface area contributed by atoms with Gasteiger partial charge >= 0.3 is 5.97 Å². The molecule has 1 aromatic heterocycles. The van der Waals surface area contributed by atoms with Crippen LogP contribution >= 0.6 is 0 Å². The standard InChI is InChI=1S/C31H36N4O5/c1-6-24(27-8-7-9-28(33-27)34-30(38-5)26(14-32)31(36)37)29(19(2)3)40-16-22-11-10-21-15-35(23-17-39-18-23)13-12-25(21)20(22)4/h6-11,14,23,32H,1-2,12-13,15-18H2,3-5H3,(H,33,34)(H,36,37)/b29-24-,30-26-,32-14?. The van der Waals surface area contributed by atoms with E-state index in [1.165, 1.54) is 23.8 Å². The quantitative estimate of drug-likeness (QED) is 0.150. The lowest BCUT2D eigenvalue weighted by Gasteiger charge is -2.40. The van der Waals surface area contributed by atoms with Gasteiger partial charge in [-0.2, -0.15) is 0 Å². The fourth-order valence-corrected chi connectivity index (χ4v) is 4.93. The molecule has 4 rings (SSSR count). The summed E-state index contributed by atoms with van der Waals surface area (Å²) in [5.74, 6) is -0.479. The molecule has 2 aliphatic rings. The number of aromatic nitrogens is 1. The molecule has 210 valence electrons. The van der Waals surface area contributed by atoms with Gasteiger partial charge in [-0.3, -0.25) is 4.90 Å². The van der Waals surface area contributed by atoms with E-state index in [2.05, 4.69) is 47.4 Å². The van der Waals surface area contributed by atoms with Gasteiger partial charge in [0.15, 0.2) is 0 Å². The molecule has 9 heteroatoms. The van der Waals surface area contributed by atoms with Crippen molar-refractivity contribution in [3.8, 4) is 0 Å². The molecule has 0 saturated carbocycles. The number of allylic oxidation sites excluding steroid dienone is 3. The Balaban J connectivity index is 1.57. The smallest absolute Gasteiger partial charge is 0.342 e. The van der Waals surface area contributed by atoms with Crippen molar-refractivity contribution in [2.24, 2.45) is 0 Å². The number of benzene rings is 1. The predicted molar refractivity (Wildman–Crippen MR) is 155 cm³/mol. The molecule has 3 N–H and O–H groups in total. The number of carboxylic acids is 1. The van der Waals surface area contributed by atoms with Gasteiger partial charge in [0.1, 0.15) is 23.8 Å². The molecule has 1 aromatic carbocycles. The largest absolute Gasteiger partial charge is 0.488 e. The topological polar surface area (TPSA) is 117 Å². The molecule has 3 heterocycles. The molecule has 0 radical (unpaired) electrons. The van der Waals surface area contributed by atoms with Crippen molar-refractivity contribution in [1.82, 2.24) is 9.88 Å². The second-order valence-corrected chi connectivity index (χ2v) is 9.84. The van der Waals surface area contributed by atoms with Crippen molar-refractivity contribution >= 4 is 23.6 Å². The molecule has 0 amide bonds. The molecule has 1 fully saturated rings. The fraction of sp³-hybridized carbons (Fsp3) is 0.323. The van der Waals surface area contributed by atoms with Gasteiger partial charge in [0.2, 0.25) is 5.88 Å². The second-order valence-electron chi connectivity index (χ2n) is 9.84. The van der Waals surface area contributed by atoms with Gasteiger partial charge in [-0.05, 0) is 60.2 Å². The van der Waals surface area contributed by atoms with Crippen molar-refractivity contribution in [1.29, 1.82) is 5.41 Å². The SMILES string of the molecule is C=C/C(=C(/OCc1ccc2c(c1C)CCN(C1COC1)C2)C(=C)C)c1cccc(N/C(OC)=C(\C=N)C(=O)O)n1. The second kappa shape index (κ2) is 12.8. The van der Waals surface area contributed by atoms with Crippen LogP contribution in [0.4, 0.5) is 5.82 Å². The lowest BCUT2D eigenvalue weighted by molar-refractivity contribution is -0.132. The Bertz CT molecular complexity index is 1390. The summed E-state index contributed by atoms with van der Waals surface area (Å²) in [5.41, 5.74) is 6.74. The van der Waals surface area contributed by atoms with Gasteiger partial charge in [-0.15, -0.1) is 0 Å². The Morgan fingerprint density at radius 3 is 2.70 bits per heavy atom. The van der Waals surface area contributed by atoms with E-state index in [0.717, 1.165) is 43.9 Å². The van der Waals surface area contributed by atoms with E-state index in [9.17, 15) is 9.90 Å². The number of pyridine rings is 1. The highest BCUT2D eigenvalue weighted by Gasteiger charge is 2.29. The summed E-state index contributed by atoms with van der Waals surface area (Å²) in [7, 11) is 1.32. The van der Waals surface area contributed by atoms with Crippen LogP contribution in [0.2, 0.25) is 0 Å². The van der Waals surface area contributed by atoms with Crippen LogP contribution in [0, 0.1) is 12.3 Å². The first kappa shape index (κ1) is 28.8. The average Bonchev–Trinajstić information content (AvgIpc) is 2.90. The molecule has 0 bridgehead atoms. The molecule has 1 saturated heterocycles. The maximum atomic E-state index is 11.5. The summed E-state index contributed by atoms with van der Waals surface area (Å²) >= 11 is 0. The summed E-state index contributed by atoms with van der Waals surface area (Å²) in [6.07, 6.45) is 3.39. The maximum Gasteiger partial charge on any atom is 0.342 e. The molecule has 0 unspecified atom stereocenters. The van der Waals surface area contributed by atoms with Crippen LogP contribution in [0.25, 0.3) is 5.57 Å². The zero-order valence-corrected chi connectivity index (χ0v) is 23.3. The van der Waals surface area contributed by atoms with Crippen LogP contribution < -0.4 is 5.32 Å². The molecule has 0 atom stereocenters. The first-order valence-corrected chi connectivity index (χ1v) is 13.1. The number of nitrogens with zero attached hydrogens (tertiary/aromatic N) is 2. The van der Waals surface area contributed by atoms with Crippen LogP contribution in [-0.4, -0.2) is 60.1 Å². The third-order valence-corrected chi connectivity index (χ3v) is 7.27. The number of rotatable bonds is 12. The van der Waals surface area contributed by atoms with Crippen molar-refractivity contribution in [2.45, 2.75) is 39.5 Å². The highest BCUT2D eigenvalue weighted by atomic mass is 16.5. The van der Waals surface area contributed by atoms with Gasteiger partial charge in [-0.25, -0.2) is 9.78 Å². The molecule has 9 nitrogen and oxygen atoms in total. The highest BCUT2D eigenvalue weighted by molar-refractivity contribution is 6.08. The van der Waals surface area contributed by atoms with E-state index in [1.807, 2.05) is 13.0 Å². The van der Waals surface area contributed by atoms with E-state index in [1.54, 1.807) is 18.2 Å². The third kappa shape index (κ3) is 6.16. The van der Waals surface area contributed by atoms with Gasteiger partial charge in [0.05, 0.1) is 32.1 Å². The Morgan fingerprint density at radius 2 is 2.10 bits per heavy atom. The fourth-order valence-electron chi connectivity index (χ4n) is 4.93. The number of methoxy groups -OCH3 is 1. The molecular formula is C31H36N4O5. The summed E-state index contributed by atoms with van der Waals surface area (Å²) in [6.45, 7) is 16.1. The number of hydrogen-bond donors (Lipinski definition) is 3. The average molecular weight is 545 g/mol. The zero-order valence-electron chi connectivity index (χ0n) is 23.3. The first-order valence-electron chi connectivity index (χ1n) is 13.1. The lowest BCUT2D eigenvalue weighted by Crippen LogP contribution is -2.50. The number of aliphatic carboxylic acids is 1. The lowest BCUT2D eigenvalue weighted by atomic mass is 9.91. The summed E-state index contributed by atoms with van der Waals surface area (Å²) in [4.78, 5) is 18.6. The first-order chi connectivity index (χ1) is 19.3. The van der Waals surface area contributed by atoms with Crippen LogP contribution in [-0.2, 0) is 38.6 Å². The molecule has 40 heavy (non-hydrogen) atoms. The Kier molecular flexibility index (Phi) is 9.19. The van der Waals surface area contributed by atoms with Crippen LogP contribution in [0.5, 0.6) is 0 Å². The number of anilines is 1. The minimum Gasteiger partial charge on any atom is -0.488 e. The predicted octanol–water partition coefficient (Wildman–Crippen LogP) is 4.84. The zero-order chi connectivity index (χ0) is 28.8. The Morgan fingerprint density at radius 1 is 1.32 bits per heavy atom. The summed E-state index contributed by atoms with van der Waals surface area (Å²) in [6, 6.07) is 10.1. The van der Waals surface area contributed by atoms with E-state index >= 15 is 0 Å². The number of carbonyl (C=O) groups is 1. The molecule has 2 aromatic rings. The van der Waals surface area contributed by atoms with Gasteiger partial charge in [0, 0.05) is 24.9 Å². The maximum absolute atomic E-state index is 11.5. The minimum absolute atomic E-state index is 0.0975. The monoisotopic (exact) mass is 544 g/mol. The summed E-state index contributed by atoms with van der Waals surface area (Å²) < 4.78 is 16.9. The molecule has 2 aliphatic heterocycles. The third-order valence-electron chi connectivity index (χ3n) is 7.27. The molecular weight excluding hydrogens is 508 g/mol. The van der Waals surface area contributed by atoms with Gasteiger partial charge < -0.3 is 30.0 Å². The van der Waals surface area contributed by atoms with Crippen molar-refractivity contribution in [3.05, 3.63) is 100 Å². The van der Waals surface area contributed by atoms with E-state index in [-0.39, 0.29) is 11.5 Å². The Labute approximate surface area is 235 Å². The number of carboxylic acid groups (broad SMARTS) is 1. The molecule has 0 aliphatic carbocycles. The minimum atomic E-state index is -1.29. The van der Waals surface area contributed by atoms with E-state index in [0.29, 0.717) is 41.7 Å². The normalized spacial score (nSPS) is 16.5. The van der Waals surface area contributed by atoms with Gasteiger partial charge in [-0.1, -0.05) is 37.4 Å². The van der Waals surface area contributed by atoms with Crippen LogP contribution in [0.15, 0.2) is 72.4 Å². The van der Waals surface area contributed by atoms with Crippen molar-refractivity contribution in [3.63, 3.8) is 0 Å². The highest BCUT2D eigenvalue weighted by Crippen LogP contribution is 2.30. The van der Waals surface area contributed by atoms with Crippen molar-refractivity contribution < 1.29 is 24.1 Å². The summed E-state index contributed by atoms with van der Waals surface area (Å²) in [5, 5.41) is 19.6. The van der Waals surface area contributed by atoms with Crippen LogP contribution in [0.1, 0.15) is 34.9 Å². The number of ether oxygens (including phenoxy) is 3. The van der Waals surface area contributed by atoms with E-state index < -0.39 is 5.97 Å². The number of nitrogens with one attached hydrogen (secondary N) is 2. The number of hydrogen-bond acceptors (Lipinski definition) is 8. The number of fused-ring (bicyclic) bond motifs is 1.